The molecule has 158 valence electrons. The van der Waals surface area contributed by atoms with E-state index < -0.39 is 30.0 Å². The highest BCUT2D eigenvalue weighted by Crippen LogP contribution is 2.46. The molecule has 0 fully saturated rings. The van der Waals surface area contributed by atoms with E-state index in [1.54, 1.807) is 17.5 Å². The molecule has 2 atom stereocenters. The molecule has 0 saturated carbocycles. The number of nitrogens with zero attached hydrogens (tertiary/aromatic N) is 2. The molecule has 0 radical (unpaired) electrons. The van der Waals surface area contributed by atoms with E-state index in [1.807, 2.05) is 0 Å². The van der Waals surface area contributed by atoms with Gasteiger partial charge in [0.1, 0.15) is 16.7 Å². The molecule has 0 bridgehead atoms. The quantitative estimate of drug-likeness (QED) is 0.520. The van der Waals surface area contributed by atoms with Crippen LogP contribution >= 0.6 is 22.9 Å². The number of aromatic nitrogens is 2. The Balaban J connectivity index is 1.61. The Labute approximate surface area is 177 Å². The number of benzene rings is 1. The number of nitrogens with one attached hydrogen (secondary N) is 2. The van der Waals surface area contributed by atoms with Gasteiger partial charge in [0, 0.05) is 17.8 Å². The normalized spacial score (nSPS) is 18.6. The molecule has 0 aliphatic carbocycles. The van der Waals surface area contributed by atoms with Gasteiger partial charge in [-0.05, 0) is 29.1 Å². The van der Waals surface area contributed by atoms with Gasteiger partial charge in [0.2, 0.25) is 0 Å². The number of hydrogen-bond donors (Lipinski definition) is 2. The van der Waals surface area contributed by atoms with Crippen LogP contribution in [0.25, 0.3) is 0 Å². The van der Waals surface area contributed by atoms with Gasteiger partial charge in [0.15, 0.2) is 11.7 Å². The van der Waals surface area contributed by atoms with Crippen LogP contribution in [0.5, 0.6) is 0 Å². The molecule has 1 aliphatic heterocycles. The summed E-state index contributed by atoms with van der Waals surface area (Å²) in [5.41, 5.74) is 0.316. The van der Waals surface area contributed by atoms with Gasteiger partial charge in [-0.25, -0.2) is 9.07 Å². The standard InChI is InChI=1S/C19H15ClF4N4OS/c20-15-16(18(29)25-9-10-3-5-11(21)6-4-10)27-28-14(19(22,23)24)8-12(26-17(15)28)13-2-1-7-30-13/h1-7,12,14,26H,8-9H2,(H,25,29)/t12-,14-/m1/s1. The van der Waals surface area contributed by atoms with Crippen LogP contribution < -0.4 is 10.6 Å². The average molecular weight is 459 g/mol. The second-order valence-electron chi connectivity index (χ2n) is 6.77. The first-order valence-corrected chi connectivity index (χ1v) is 10.2. The van der Waals surface area contributed by atoms with Crippen LogP contribution in [0.4, 0.5) is 23.4 Å². The molecule has 0 spiro atoms. The molecule has 2 aromatic heterocycles. The zero-order chi connectivity index (χ0) is 21.5. The molecule has 5 nitrogen and oxygen atoms in total. The molecule has 2 N–H and O–H groups in total. The highest BCUT2D eigenvalue weighted by atomic mass is 35.5. The summed E-state index contributed by atoms with van der Waals surface area (Å²) in [6.45, 7) is 0.0472. The minimum absolute atomic E-state index is 0.0458. The number of rotatable bonds is 4. The van der Waals surface area contributed by atoms with Crippen LogP contribution in [0.1, 0.15) is 39.4 Å². The Morgan fingerprint density at radius 1 is 1.30 bits per heavy atom. The SMILES string of the molecule is O=C(NCc1ccc(F)cc1)c1nn2c(c1Cl)N[C@@H](c1cccs1)C[C@@H]2C(F)(F)F. The van der Waals surface area contributed by atoms with Crippen molar-refractivity contribution in [3.8, 4) is 0 Å². The van der Waals surface area contributed by atoms with Gasteiger partial charge in [-0.3, -0.25) is 4.79 Å². The van der Waals surface area contributed by atoms with Crippen molar-refractivity contribution >= 4 is 34.7 Å². The van der Waals surface area contributed by atoms with Crippen LogP contribution in [0.2, 0.25) is 5.02 Å². The molecular weight excluding hydrogens is 444 g/mol. The van der Waals surface area contributed by atoms with Crippen molar-refractivity contribution in [3.63, 3.8) is 0 Å². The van der Waals surface area contributed by atoms with Gasteiger partial charge in [-0.15, -0.1) is 11.3 Å². The van der Waals surface area contributed by atoms with Crippen molar-refractivity contribution in [1.29, 1.82) is 0 Å². The predicted octanol–water partition coefficient (Wildman–Crippen LogP) is 5.33. The predicted molar refractivity (Wildman–Crippen MR) is 105 cm³/mol. The summed E-state index contributed by atoms with van der Waals surface area (Å²) < 4.78 is 54.9. The second-order valence-corrected chi connectivity index (χ2v) is 8.13. The largest absolute Gasteiger partial charge is 0.410 e. The van der Waals surface area contributed by atoms with E-state index in [0.29, 0.717) is 5.56 Å². The Morgan fingerprint density at radius 3 is 2.67 bits per heavy atom. The van der Waals surface area contributed by atoms with Crippen LogP contribution in [0, 0.1) is 5.82 Å². The number of thiophene rings is 1. The van der Waals surface area contributed by atoms with Gasteiger partial charge in [-0.1, -0.05) is 29.8 Å². The number of alkyl halides is 3. The van der Waals surface area contributed by atoms with Crippen LogP contribution in [0.15, 0.2) is 41.8 Å². The van der Waals surface area contributed by atoms with Crippen molar-refractivity contribution in [2.45, 2.75) is 31.2 Å². The Kier molecular flexibility index (Phi) is 5.46. The first-order valence-electron chi connectivity index (χ1n) is 8.91. The molecule has 4 rings (SSSR count). The van der Waals surface area contributed by atoms with Crippen molar-refractivity contribution in [2.24, 2.45) is 0 Å². The van der Waals surface area contributed by atoms with Crippen LogP contribution in [-0.4, -0.2) is 21.9 Å². The maximum Gasteiger partial charge on any atom is 0.410 e. The maximum absolute atomic E-state index is 13.7. The lowest BCUT2D eigenvalue weighted by atomic mass is 10.0. The summed E-state index contributed by atoms with van der Waals surface area (Å²) in [4.78, 5) is 13.3. The van der Waals surface area contributed by atoms with E-state index in [0.717, 1.165) is 9.56 Å². The van der Waals surface area contributed by atoms with E-state index in [1.165, 1.54) is 35.6 Å². The molecular formula is C19H15ClF4N4OS. The highest BCUT2D eigenvalue weighted by molar-refractivity contribution is 7.10. The number of amides is 1. The Morgan fingerprint density at radius 2 is 2.03 bits per heavy atom. The maximum atomic E-state index is 13.7. The molecule has 1 amide bonds. The smallest absolute Gasteiger partial charge is 0.361 e. The third kappa shape index (κ3) is 4.01. The molecule has 11 heteroatoms. The van der Waals surface area contributed by atoms with E-state index in [4.69, 9.17) is 11.6 Å². The number of carbonyl (C=O) groups excluding carboxylic acids is 1. The first kappa shape index (κ1) is 20.7. The van der Waals surface area contributed by atoms with E-state index in [-0.39, 0.29) is 29.5 Å². The van der Waals surface area contributed by atoms with Crippen LogP contribution in [0.3, 0.4) is 0 Å². The number of hydrogen-bond acceptors (Lipinski definition) is 4. The number of halogens is 5. The zero-order valence-corrected chi connectivity index (χ0v) is 16.8. The Hall–Kier alpha value is -2.59. The average Bonchev–Trinajstić information content (AvgIpc) is 3.34. The summed E-state index contributed by atoms with van der Waals surface area (Å²) in [7, 11) is 0. The monoisotopic (exact) mass is 458 g/mol. The molecule has 3 heterocycles. The van der Waals surface area contributed by atoms with Crippen molar-refractivity contribution in [2.75, 3.05) is 5.32 Å². The fraction of sp³-hybridized carbons (Fsp3) is 0.263. The lowest BCUT2D eigenvalue weighted by Gasteiger charge is -2.32. The zero-order valence-electron chi connectivity index (χ0n) is 15.2. The van der Waals surface area contributed by atoms with Gasteiger partial charge in [0.05, 0.1) is 6.04 Å². The number of fused-ring (bicyclic) bond motifs is 1. The summed E-state index contributed by atoms with van der Waals surface area (Å²) in [6.07, 6.45) is -4.84. The van der Waals surface area contributed by atoms with Crippen molar-refractivity contribution in [1.82, 2.24) is 15.1 Å². The number of carbonyl (C=O) groups is 1. The van der Waals surface area contributed by atoms with E-state index in [9.17, 15) is 22.4 Å². The molecule has 1 aliphatic rings. The third-order valence-electron chi connectivity index (χ3n) is 4.76. The molecule has 0 saturated heterocycles. The Bertz CT molecular complexity index is 1050. The summed E-state index contributed by atoms with van der Waals surface area (Å²) in [6, 6.07) is 6.44. The van der Waals surface area contributed by atoms with E-state index in [2.05, 4.69) is 15.7 Å². The summed E-state index contributed by atoms with van der Waals surface area (Å²) >= 11 is 7.60. The third-order valence-corrected chi connectivity index (χ3v) is 6.11. The van der Waals surface area contributed by atoms with Gasteiger partial charge in [-0.2, -0.15) is 18.3 Å². The second kappa shape index (κ2) is 7.92. The fourth-order valence-electron chi connectivity index (χ4n) is 3.28. The van der Waals surface area contributed by atoms with Crippen LogP contribution in [-0.2, 0) is 6.54 Å². The topological polar surface area (TPSA) is 59.0 Å². The minimum atomic E-state index is -4.57. The molecule has 0 unspecified atom stereocenters. The lowest BCUT2D eigenvalue weighted by Crippen LogP contribution is -2.35. The van der Waals surface area contributed by atoms with Crippen molar-refractivity contribution < 1.29 is 22.4 Å². The minimum Gasteiger partial charge on any atom is -0.361 e. The van der Waals surface area contributed by atoms with Crippen molar-refractivity contribution in [3.05, 3.63) is 68.8 Å². The summed E-state index contributed by atoms with van der Waals surface area (Å²) in [5, 5.41) is 11.0. The lowest BCUT2D eigenvalue weighted by molar-refractivity contribution is -0.173. The molecule has 3 aromatic rings. The first-order chi connectivity index (χ1) is 14.2. The highest BCUT2D eigenvalue weighted by Gasteiger charge is 2.48. The number of anilines is 1. The van der Waals surface area contributed by atoms with Gasteiger partial charge < -0.3 is 10.6 Å². The molecule has 1 aromatic carbocycles. The van der Waals surface area contributed by atoms with E-state index >= 15 is 0 Å². The van der Waals surface area contributed by atoms with Gasteiger partial charge in [0.25, 0.3) is 5.91 Å². The fourth-order valence-corrected chi connectivity index (χ4v) is 4.33. The molecule has 30 heavy (non-hydrogen) atoms. The van der Waals surface area contributed by atoms with Gasteiger partial charge >= 0.3 is 6.18 Å². The summed E-state index contributed by atoms with van der Waals surface area (Å²) in [5.74, 6) is -1.18.